The molecule has 12 heavy (non-hydrogen) atoms. The average molecular weight is 189 g/mol. The maximum absolute atomic E-state index is 11.3. The Morgan fingerprint density at radius 2 is 2.42 bits per heavy atom. The summed E-state index contributed by atoms with van der Waals surface area (Å²) in [5.74, 6) is -0.0219. The van der Waals surface area contributed by atoms with E-state index in [0.29, 0.717) is 6.61 Å². The Labute approximate surface area is 78.3 Å². The van der Waals surface area contributed by atoms with Crippen molar-refractivity contribution < 1.29 is 9.53 Å². The Morgan fingerprint density at radius 3 is 2.83 bits per heavy atom. The fourth-order valence-corrected chi connectivity index (χ4v) is 1.23. The number of carbonyl (C=O) groups excluding carboxylic acids is 1. The van der Waals surface area contributed by atoms with Crippen LogP contribution in [0.15, 0.2) is 0 Å². The van der Waals surface area contributed by atoms with Gasteiger partial charge in [-0.25, -0.2) is 0 Å². The molecule has 70 valence electrons. The van der Waals surface area contributed by atoms with Crippen LogP contribution in [-0.2, 0) is 9.53 Å². The predicted molar refractivity (Wildman–Crippen MR) is 50.4 cm³/mol. The van der Waals surface area contributed by atoms with Crippen LogP contribution < -0.4 is 5.32 Å². The van der Waals surface area contributed by atoms with E-state index in [2.05, 4.69) is 17.9 Å². The molecule has 0 aromatic rings. The van der Waals surface area contributed by atoms with Crippen molar-refractivity contribution in [1.29, 1.82) is 0 Å². The van der Waals surface area contributed by atoms with Gasteiger partial charge in [-0.15, -0.1) is 0 Å². The van der Waals surface area contributed by atoms with Crippen LogP contribution in [0.3, 0.4) is 0 Å². The van der Waals surface area contributed by atoms with Gasteiger partial charge in [-0.05, 0) is 20.3 Å². The Morgan fingerprint density at radius 1 is 1.75 bits per heavy atom. The van der Waals surface area contributed by atoms with Crippen molar-refractivity contribution in [3.63, 3.8) is 0 Å². The summed E-state index contributed by atoms with van der Waals surface area (Å²) in [6.45, 7) is 5.10. The summed E-state index contributed by atoms with van der Waals surface area (Å²) in [6, 6.07) is 0. The molecule has 0 bridgehead atoms. The predicted octanol–water partition coefficient (Wildman–Crippen LogP) is 0.600. The highest BCUT2D eigenvalue weighted by Crippen LogP contribution is 2.17. The lowest BCUT2D eigenvalue weighted by atomic mass is 10.0. The minimum Gasteiger partial charge on any atom is -0.379 e. The second-order valence-electron chi connectivity index (χ2n) is 3.53. The minimum atomic E-state index is -0.248. The molecule has 1 fully saturated rings. The zero-order chi connectivity index (χ0) is 9.19. The van der Waals surface area contributed by atoms with Crippen molar-refractivity contribution in [3.05, 3.63) is 0 Å². The van der Waals surface area contributed by atoms with Gasteiger partial charge < -0.3 is 10.1 Å². The van der Waals surface area contributed by atoms with E-state index in [9.17, 15) is 4.79 Å². The van der Waals surface area contributed by atoms with E-state index in [4.69, 9.17) is 4.74 Å². The number of amides is 1. The molecule has 1 aliphatic heterocycles. The molecular weight excluding hydrogens is 174 g/mol. The number of ether oxygens (including phenoxy) is 1. The molecule has 0 aromatic heterocycles. The quantitative estimate of drug-likeness (QED) is 0.624. The summed E-state index contributed by atoms with van der Waals surface area (Å²) in [4.78, 5) is 11.3. The van der Waals surface area contributed by atoms with Crippen LogP contribution >= 0.6 is 12.6 Å². The molecular formula is C8H15NO2S. The van der Waals surface area contributed by atoms with E-state index in [-0.39, 0.29) is 16.7 Å². The maximum Gasteiger partial charge on any atom is 0.233 e. The third-order valence-electron chi connectivity index (χ3n) is 2.02. The number of hydrogen-bond donors (Lipinski definition) is 2. The molecule has 0 aromatic carbocycles. The van der Waals surface area contributed by atoms with Gasteiger partial charge in [0.25, 0.3) is 0 Å². The zero-order valence-corrected chi connectivity index (χ0v) is 8.36. The minimum absolute atomic E-state index is 0.0219. The fraction of sp³-hybridized carbons (Fsp3) is 0.875. The molecule has 0 spiro atoms. The first-order chi connectivity index (χ1) is 5.53. The van der Waals surface area contributed by atoms with Gasteiger partial charge >= 0.3 is 0 Å². The van der Waals surface area contributed by atoms with Crippen molar-refractivity contribution in [1.82, 2.24) is 5.32 Å². The van der Waals surface area contributed by atoms with Crippen molar-refractivity contribution in [3.8, 4) is 0 Å². The monoisotopic (exact) mass is 189 g/mol. The third-order valence-corrected chi connectivity index (χ3v) is 2.26. The Balaban J connectivity index is 2.44. The topological polar surface area (TPSA) is 38.3 Å². The van der Waals surface area contributed by atoms with Gasteiger partial charge in [0, 0.05) is 6.61 Å². The normalized spacial score (nSPS) is 31.6. The molecule has 1 aliphatic rings. The van der Waals surface area contributed by atoms with Gasteiger partial charge in [-0.1, -0.05) is 0 Å². The van der Waals surface area contributed by atoms with Crippen LogP contribution in [0.2, 0.25) is 0 Å². The molecule has 1 saturated heterocycles. The molecule has 3 nitrogen and oxygen atoms in total. The second kappa shape index (κ2) is 3.66. The number of rotatable bonds is 2. The second-order valence-corrected chi connectivity index (χ2v) is 4.30. The van der Waals surface area contributed by atoms with Crippen LogP contribution in [0.25, 0.3) is 0 Å². The fourth-order valence-electron chi connectivity index (χ4n) is 1.17. The van der Waals surface area contributed by atoms with E-state index < -0.39 is 0 Å². The number of carbonyl (C=O) groups is 1. The maximum atomic E-state index is 11.3. The highest BCUT2D eigenvalue weighted by Gasteiger charge is 2.31. The average Bonchev–Trinajstić information content (AvgIpc) is 2.35. The van der Waals surface area contributed by atoms with Crippen LogP contribution in [0.1, 0.15) is 20.3 Å². The van der Waals surface area contributed by atoms with Gasteiger partial charge in [0.1, 0.15) is 0 Å². The standard InChI is InChI=1S/C8H15NO2S/c1-6(12)7(10)9-8(2)3-4-11-5-8/h6,12H,3-5H2,1-2H3,(H,9,10). The molecule has 0 saturated carbocycles. The lowest BCUT2D eigenvalue weighted by Crippen LogP contribution is -2.48. The summed E-state index contributed by atoms with van der Waals surface area (Å²) in [5.41, 5.74) is -0.173. The summed E-state index contributed by atoms with van der Waals surface area (Å²) >= 11 is 4.05. The molecule has 1 N–H and O–H groups in total. The van der Waals surface area contributed by atoms with Gasteiger partial charge in [-0.3, -0.25) is 4.79 Å². The van der Waals surface area contributed by atoms with E-state index >= 15 is 0 Å². The van der Waals surface area contributed by atoms with Crippen LogP contribution in [0, 0.1) is 0 Å². The molecule has 1 amide bonds. The first-order valence-electron chi connectivity index (χ1n) is 4.11. The third kappa shape index (κ3) is 2.38. The molecule has 4 heteroatoms. The smallest absolute Gasteiger partial charge is 0.233 e. The highest BCUT2D eigenvalue weighted by atomic mass is 32.1. The number of hydrogen-bond acceptors (Lipinski definition) is 3. The molecule has 2 unspecified atom stereocenters. The number of nitrogens with one attached hydrogen (secondary N) is 1. The van der Waals surface area contributed by atoms with Gasteiger partial charge in [0.15, 0.2) is 0 Å². The number of thiol groups is 1. The molecule has 0 aliphatic carbocycles. The van der Waals surface area contributed by atoms with Crippen molar-refractivity contribution in [2.45, 2.75) is 31.1 Å². The van der Waals surface area contributed by atoms with Gasteiger partial charge in [0.05, 0.1) is 17.4 Å². The molecule has 1 rings (SSSR count). The van der Waals surface area contributed by atoms with Crippen LogP contribution in [-0.4, -0.2) is 29.9 Å². The SMILES string of the molecule is CC(S)C(=O)NC1(C)CCOC1. The Hall–Kier alpha value is -0.220. The van der Waals surface area contributed by atoms with E-state index in [1.54, 1.807) is 6.92 Å². The summed E-state index contributed by atoms with van der Waals surface area (Å²) in [6.07, 6.45) is 0.888. The first-order valence-corrected chi connectivity index (χ1v) is 4.63. The highest BCUT2D eigenvalue weighted by molar-refractivity contribution is 7.81. The first kappa shape index (κ1) is 9.86. The Kier molecular flexibility index (Phi) is 3.01. The van der Waals surface area contributed by atoms with Crippen molar-refractivity contribution >= 4 is 18.5 Å². The van der Waals surface area contributed by atoms with E-state index in [1.165, 1.54) is 0 Å². The van der Waals surface area contributed by atoms with Crippen LogP contribution in [0.4, 0.5) is 0 Å². The van der Waals surface area contributed by atoms with Crippen LogP contribution in [0.5, 0.6) is 0 Å². The zero-order valence-electron chi connectivity index (χ0n) is 7.46. The molecule has 2 atom stereocenters. The van der Waals surface area contributed by atoms with E-state index in [0.717, 1.165) is 13.0 Å². The summed E-state index contributed by atoms with van der Waals surface area (Å²) in [5, 5.41) is 2.67. The largest absolute Gasteiger partial charge is 0.379 e. The Bertz CT molecular complexity index is 176. The molecule has 1 heterocycles. The lowest BCUT2D eigenvalue weighted by molar-refractivity contribution is -0.122. The van der Waals surface area contributed by atoms with E-state index in [1.807, 2.05) is 6.92 Å². The molecule has 0 radical (unpaired) electrons. The van der Waals surface area contributed by atoms with Crippen molar-refractivity contribution in [2.24, 2.45) is 0 Å². The summed E-state index contributed by atoms with van der Waals surface area (Å²) < 4.78 is 5.20. The lowest BCUT2D eigenvalue weighted by Gasteiger charge is -2.24. The summed E-state index contributed by atoms with van der Waals surface area (Å²) in [7, 11) is 0. The van der Waals surface area contributed by atoms with Crippen molar-refractivity contribution in [2.75, 3.05) is 13.2 Å². The van der Waals surface area contributed by atoms with Gasteiger partial charge in [0.2, 0.25) is 5.91 Å². The van der Waals surface area contributed by atoms with Gasteiger partial charge in [-0.2, -0.15) is 12.6 Å².